The molecule has 106 valence electrons. The molecule has 0 bridgehead atoms. The second-order valence-electron chi connectivity index (χ2n) is 4.29. The number of rotatable bonds is 4. The average Bonchev–Trinajstić information content (AvgIpc) is 2.60. The number of carboxylic acid groups (broad SMARTS) is 1. The number of carbonyl (C=O) groups is 1. The van der Waals surface area contributed by atoms with E-state index in [-0.39, 0.29) is 12.1 Å². The van der Waals surface area contributed by atoms with Gasteiger partial charge in [-0.1, -0.05) is 23.1 Å². The molecule has 1 heterocycles. The molecule has 0 aromatic heterocycles. The lowest BCUT2D eigenvalue weighted by Crippen LogP contribution is -2.27. The molecule has 1 fully saturated rings. The fraction of sp³-hybridized carbons (Fsp3) is 0.364. The Morgan fingerprint density at radius 2 is 2.00 bits per heavy atom. The molecule has 0 amide bonds. The smallest absolute Gasteiger partial charge is 0.335 e. The number of benzene rings is 1. The second kappa shape index (κ2) is 5.45. The lowest BCUT2D eigenvalue weighted by Gasteiger charge is -2.35. The lowest BCUT2D eigenvalue weighted by atomic mass is 10.1. The first-order chi connectivity index (χ1) is 8.88. The molecule has 1 aliphatic rings. The number of hydrogen-bond donors (Lipinski definition) is 5. The summed E-state index contributed by atoms with van der Waals surface area (Å²) in [5.41, 5.74) is 1.10. The molecular formula is C11H16N2O5S. The van der Waals surface area contributed by atoms with Crippen LogP contribution in [0.4, 0.5) is 0 Å². The maximum Gasteiger partial charge on any atom is 0.335 e. The monoisotopic (exact) mass is 288 g/mol. The van der Waals surface area contributed by atoms with Crippen molar-refractivity contribution >= 4 is 16.9 Å². The number of carboxylic acids is 1. The summed E-state index contributed by atoms with van der Waals surface area (Å²) in [5, 5.41) is 18.1. The Bertz CT molecular complexity index is 465. The zero-order chi connectivity index (χ0) is 14.0. The number of aliphatic hydroxyl groups excluding tert-OH is 1. The normalized spacial score (nSPS) is 24.3. The number of nitrogens with zero attached hydrogens (tertiary/aromatic N) is 1. The third-order valence-corrected chi connectivity index (χ3v) is 4.52. The van der Waals surface area contributed by atoms with Crippen LogP contribution in [0.3, 0.4) is 0 Å². The minimum absolute atomic E-state index is 0.148. The lowest BCUT2D eigenvalue weighted by molar-refractivity contribution is 0.0697. The molecule has 0 radical (unpaired) electrons. The van der Waals surface area contributed by atoms with Crippen molar-refractivity contribution < 1.29 is 24.1 Å². The average molecular weight is 288 g/mol. The van der Waals surface area contributed by atoms with Crippen molar-refractivity contribution in [1.82, 2.24) is 9.03 Å². The van der Waals surface area contributed by atoms with Gasteiger partial charge in [0.1, 0.15) is 6.23 Å². The molecule has 1 unspecified atom stereocenters. The van der Waals surface area contributed by atoms with Crippen molar-refractivity contribution in [3.63, 3.8) is 0 Å². The third kappa shape index (κ3) is 3.44. The zero-order valence-corrected chi connectivity index (χ0v) is 10.9. The molecule has 1 aromatic rings. The summed E-state index contributed by atoms with van der Waals surface area (Å²) in [7, 11) is -3.09. The molecule has 5 N–H and O–H groups in total. The molecule has 1 saturated heterocycles. The Balaban J connectivity index is 1.94. The molecule has 2 rings (SSSR count). The standard InChI is InChI=1S/C11H16N2O5S/c14-10-7-13(19(17,18)12-10)6-5-8-1-3-9(4-2-8)11(15)16/h1-4,10,12,14,17-18H,5-7H2,(H,15,16). The van der Waals surface area contributed by atoms with Crippen molar-refractivity contribution in [2.24, 2.45) is 0 Å². The molecule has 0 spiro atoms. The molecule has 0 aliphatic carbocycles. The Morgan fingerprint density at radius 3 is 2.47 bits per heavy atom. The number of hydrogen-bond acceptors (Lipinski definition) is 6. The number of β-amino-alcohol motifs (C(OH)–C–C–N with tert-alkyl or cyclic N) is 1. The van der Waals surface area contributed by atoms with Gasteiger partial charge in [0, 0.05) is 6.54 Å². The van der Waals surface area contributed by atoms with Crippen LogP contribution in [-0.2, 0) is 6.42 Å². The molecular weight excluding hydrogens is 272 g/mol. The van der Waals surface area contributed by atoms with Gasteiger partial charge in [0.25, 0.3) is 0 Å². The van der Waals surface area contributed by atoms with Crippen LogP contribution in [0.5, 0.6) is 0 Å². The highest BCUT2D eigenvalue weighted by Crippen LogP contribution is 2.43. The second-order valence-corrected chi connectivity index (χ2v) is 6.08. The molecule has 7 nitrogen and oxygen atoms in total. The van der Waals surface area contributed by atoms with E-state index in [0.29, 0.717) is 13.0 Å². The molecule has 1 atom stereocenters. The van der Waals surface area contributed by atoms with Crippen molar-refractivity contribution in [3.05, 3.63) is 35.4 Å². The van der Waals surface area contributed by atoms with Crippen LogP contribution in [-0.4, -0.2) is 48.9 Å². The largest absolute Gasteiger partial charge is 0.478 e. The van der Waals surface area contributed by atoms with Gasteiger partial charge in [0.05, 0.1) is 12.1 Å². The van der Waals surface area contributed by atoms with E-state index in [1.54, 1.807) is 12.1 Å². The van der Waals surface area contributed by atoms with Gasteiger partial charge in [-0.15, -0.1) is 0 Å². The van der Waals surface area contributed by atoms with Gasteiger partial charge in [-0.25, -0.2) is 4.79 Å². The highest BCUT2D eigenvalue weighted by molar-refractivity contribution is 8.20. The van der Waals surface area contributed by atoms with Crippen LogP contribution in [0.1, 0.15) is 15.9 Å². The van der Waals surface area contributed by atoms with E-state index in [1.165, 1.54) is 16.4 Å². The minimum Gasteiger partial charge on any atom is -0.478 e. The Kier molecular flexibility index (Phi) is 4.09. The topological polar surface area (TPSA) is 113 Å². The van der Waals surface area contributed by atoms with Crippen LogP contribution in [0, 0.1) is 0 Å². The summed E-state index contributed by atoms with van der Waals surface area (Å²) in [4.78, 5) is 10.7. The molecule has 1 aromatic carbocycles. The fourth-order valence-electron chi connectivity index (χ4n) is 1.88. The van der Waals surface area contributed by atoms with Crippen LogP contribution in [0.15, 0.2) is 24.3 Å². The quantitative estimate of drug-likeness (QED) is 0.555. The van der Waals surface area contributed by atoms with Crippen LogP contribution in [0.25, 0.3) is 0 Å². The van der Waals surface area contributed by atoms with E-state index < -0.39 is 23.2 Å². The highest BCUT2D eigenvalue weighted by Gasteiger charge is 2.34. The van der Waals surface area contributed by atoms with E-state index in [4.69, 9.17) is 5.11 Å². The summed E-state index contributed by atoms with van der Waals surface area (Å²) in [6.45, 7) is 0.508. The van der Waals surface area contributed by atoms with Gasteiger partial charge in [-0.05, 0) is 24.1 Å². The van der Waals surface area contributed by atoms with Gasteiger partial charge < -0.3 is 10.2 Å². The zero-order valence-electron chi connectivity index (χ0n) is 10.1. The summed E-state index contributed by atoms with van der Waals surface area (Å²) < 4.78 is 23.0. The van der Waals surface area contributed by atoms with Crippen LogP contribution >= 0.6 is 11.0 Å². The van der Waals surface area contributed by atoms with Crippen LogP contribution in [0.2, 0.25) is 0 Å². The number of nitrogens with one attached hydrogen (secondary N) is 1. The van der Waals surface area contributed by atoms with Crippen molar-refractivity contribution in [3.8, 4) is 0 Å². The van der Waals surface area contributed by atoms with E-state index in [2.05, 4.69) is 4.72 Å². The van der Waals surface area contributed by atoms with Gasteiger partial charge in [0.2, 0.25) is 0 Å². The van der Waals surface area contributed by atoms with E-state index in [1.807, 2.05) is 0 Å². The minimum atomic E-state index is -3.09. The maximum atomic E-state index is 10.7. The van der Waals surface area contributed by atoms with Crippen molar-refractivity contribution in [1.29, 1.82) is 0 Å². The summed E-state index contributed by atoms with van der Waals surface area (Å²) in [5.74, 6) is -0.979. The number of aliphatic hydroxyl groups is 1. The Hall–Kier alpha value is -1.16. The third-order valence-electron chi connectivity index (χ3n) is 2.88. The first kappa shape index (κ1) is 14.3. The molecule has 8 heteroatoms. The summed E-state index contributed by atoms with van der Waals surface area (Å²) in [6.07, 6.45) is -0.413. The van der Waals surface area contributed by atoms with Gasteiger partial charge in [-0.3, -0.25) is 9.11 Å². The predicted octanol–water partition coefficient (Wildman–Crippen LogP) is 0.732. The van der Waals surface area contributed by atoms with Gasteiger partial charge in [-0.2, -0.15) is 9.03 Å². The fourth-order valence-corrected chi connectivity index (χ4v) is 3.16. The van der Waals surface area contributed by atoms with Crippen molar-refractivity contribution in [2.45, 2.75) is 12.6 Å². The van der Waals surface area contributed by atoms with E-state index in [9.17, 15) is 19.0 Å². The van der Waals surface area contributed by atoms with Crippen LogP contribution < -0.4 is 4.72 Å². The highest BCUT2D eigenvalue weighted by atomic mass is 32.3. The molecule has 0 saturated carbocycles. The van der Waals surface area contributed by atoms with E-state index in [0.717, 1.165) is 5.56 Å². The maximum absolute atomic E-state index is 10.7. The number of aromatic carboxylic acids is 1. The van der Waals surface area contributed by atoms with Crippen molar-refractivity contribution in [2.75, 3.05) is 13.1 Å². The Morgan fingerprint density at radius 1 is 1.37 bits per heavy atom. The summed E-state index contributed by atoms with van der Waals surface area (Å²) >= 11 is 0. The first-order valence-corrected chi connectivity index (χ1v) is 7.20. The van der Waals surface area contributed by atoms with Gasteiger partial charge in [0.15, 0.2) is 0 Å². The Labute approximate surface area is 112 Å². The molecule has 1 aliphatic heterocycles. The predicted molar refractivity (Wildman–Crippen MR) is 70.7 cm³/mol. The SMILES string of the molecule is O=C(O)c1ccc(CCN2CC(O)NS2(O)O)cc1. The van der Waals surface area contributed by atoms with E-state index >= 15 is 0 Å². The molecule has 19 heavy (non-hydrogen) atoms. The van der Waals surface area contributed by atoms with Gasteiger partial charge >= 0.3 is 5.97 Å². The first-order valence-electron chi connectivity index (χ1n) is 5.69. The summed E-state index contributed by atoms with van der Waals surface area (Å²) in [6, 6.07) is 6.39.